The highest BCUT2D eigenvalue weighted by Crippen LogP contribution is 1.96. The van der Waals surface area contributed by atoms with Crippen LogP contribution in [0.4, 0.5) is 4.79 Å². The Kier molecular flexibility index (Phi) is 2.53. The lowest BCUT2D eigenvalue weighted by Gasteiger charge is -2.05. The van der Waals surface area contributed by atoms with E-state index in [9.17, 15) is 4.79 Å². The zero-order chi connectivity index (χ0) is 8.10. The van der Waals surface area contributed by atoms with E-state index in [2.05, 4.69) is 11.0 Å². The van der Waals surface area contributed by atoms with Crippen molar-refractivity contribution in [2.75, 3.05) is 0 Å². The molecule has 0 radical (unpaired) electrons. The normalized spacial score (nSPS) is 21.3. The van der Waals surface area contributed by atoms with Crippen molar-refractivity contribution in [3.63, 3.8) is 0 Å². The fourth-order valence-electron chi connectivity index (χ4n) is 0.843. The molecule has 0 heterocycles. The van der Waals surface area contributed by atoms with Crippen LogP contribution in [0.3, 0.4) is 0 Å². The van der Waals surface area contributed by atoms with Crippen LogP contribution in [0.15, 0.2) is 30.0 Å². The molecule has 0 aliphatic heterocycles. The van der Waals surface area contributed by atoms with E-state index in [0.717, 1.165) is 6.42 Å². The number of allylic oxidation sites excluding steroid dienone is 1. The summed E-state index contributed by atoms with van der Waals surface area (Å²) in [6.45, 7) is 0. The van der Waals surface area contributed by atoms with E-state index < -0.39 is 6.03 Å². The Morgan fingerprint density at radius 3 is 3.27 bits per heavy atom. The number of hydrogen-bond donors (Lipinski definition) is 2. The van der Waals surface area contributed by atoms with Crippen LogP contribution in [0.5, 0.6) is 0 Å². The summed E-state index contributed by atoms with van der Waals surface area (Å²) in [4.78, 5) is 10.4. The number of primary amides is 1. The van der Waals surface area contributed by atoms with E-state index in [0.29, 0.717) is 0 Å². The summed E-state index contributed by atoms with van der Waals surface area (Å²) in [5, 5.41) is 2.54. The van der Waals surface area contributed by atoms with Crippen molar-refractivity contribution in [3.8, 4) is 0 Å². The molecule has 2 amide bonds. The average Bonchev–Trinajstić information content (AvgIpc) is 2.14. The second kappa shape index (κ2) is 3.64. The number of urea groups is 1. The summed E-state index contributed by atoms with van der Waals surface area (Å²) in [5.41, 5.74) is 7.85. The predicted octanol–water partition coefficient (Wildman–Crippen LogP) is 0.695. The highest BCUT2D eigenvalue weighted by Gasteiger charge is 2.01. The fraction of sp³-hybridized carbons (Fsp3) is 0.250. The molecule has 58 valence electrons. The Morgan fingerprint density at radius 2 is 2.55 bits per heavy atom. The van der Waals surface area contributed by atoms with Crippen LogP contribution >= 0.6 is 0 Å². The number of rotatable bonds is 1. The van der Waals surface area contributed by atoms with E-state index >= 15 is 0 Å². The van der Waals surface area contributed by atoms with Crippen LogP contribution in [0.2, 0.25) is 0 Å². The van der Waals surface area contributed by atoms with Crippen LogP contribution in [-0.4, -0.2) is 12.1 Å². The standard InChI is InChI=1S/C8H10N2O/c9-8(11)10-7-5-3-1-2-4-6-7/h1,4-7H,2H2,(H3,9,10,11). The third kappa shape index (κ3) is 2.74. The zero-order valence-electron chi connectivity index (χ0n) is 6.08. The minimum atomic E-state index is -0.514. The van der Waals surface area contributed by atoms with Crippen molar-refractivity contribution >= 4 is 6.03 Å². The van der Waals surface area contributed by atoms with Crippen LogP contribution in [-0.2, 0) is 0 Å². The van der Waals surface area contributed by atoms with Crippen LogP contribution in [0.25, 0.3) is 0 Å². The third-order valence-corrected chi connectivity index (χ3v) is 1.30. The number of hydrogen-bond acceptors (Lipinski definition) is 1. The van der Waals surface area contributed by atoms with Gasteiger partial charge in [0, 0.05) is 0 Å². The summed E-state index contributed by atoms with van der Waals surface area (Å²) < 4.78 is 0. The van der Waals surface area contributed by atoms with Gasteiger partial charge in [0.2, 0.25) is 0 Å². The zero-order valence-corrected chi connectivity index (χ0v) is 6.08. The topological polar surface area (TPSA) is 55.1 Å². The lowest BCUT2D eigenvalue weighted by Crippen LogP contribution is -2.36. The number of amides is 2. The van der Waals surface area contributed by atoms with Gasteiger partial charge in [0.25, 0.3) is 0 Å². The van der Waals surface area contributed by atoms with Gasteiger partial charge in [-0.1, -0.05) is 12.2 Å². The summed E-state index contributed by atoms with van der Waals surface area (Å²) in [5.74, 6) is 0. The number of carbonyl (C=O) groups is 1. The SMILES string of the molecule is NC(=O)NC1C=C=CCC=C1. The molecule has 0 spiro atoms. The minimum Gasteiger partial charge on any atom is -0.352 e. The van der Waals surface area contributed by atoms with Crippen molar-refractivity contribution in [3.05, 3.63) is 30.0 Å². The van der Waals surface area contributed by atoms with Gasteiger partial charge in [0.05, 0.1) is 6.04 Å². The van der Waals surface area contributed by atoms with Gasteiger partial charge in [-0.2, -0.15) is 0 Å². The molecule has 1 unspecified atom stereocenters. The van der Waals surface area contributed by atoms with Gasteiger partial charge in [-0.25, -0.2) is 4.79 Å². The highest BCUT2D eigenvalue weighted by atomic mass is 16.2. The molecule has 1 aliphatic rings. The molecule has 1 atom stereocenters. The van der Waals surface area contributed by atoms with E-state index in [-0.39, 0.29) is 6.04 Å². The predicted molar refractivity (Wildman–Crippen MR) is 42.9 cm³/mol. The molecule has 1 aliphatic carbocycles. The molecule has 3 nitrogen and oxygen atoms in total. The van der Waals surface area contributed by atoms with Crippen LogP contribution < -0.4 is 11.1 Å². The maximum atomic E-state index is 10.4. The molecule has 0 fully saturated rings. The Morgan fingerprint density at radius 1 is 1.73 bits per heavy atom. The Balaban J connectivity index is 2.57. The molecule has 0 saturated heterocycles. The monoisotopic (exact) mass is 150 g/mol. The average molecular weight is 150 g/mol. The molecule has 11 heavy (non-hydrogen) atoms. The first-order valence-electron chi connectivity index (χ1n) is 3.43. The van der Waals surface area contributed by atoms with Crippen molar-refractivity contribution in [2.24, 2.45) is 5.73 Å². The summed E-state index contributed by atoms with van der Waals surface area (Å²) >= 11 is 0. The van der Waals surface area contributed by atoms with Crippen LogP contribution in [0, 0.1) is 0 Å². The van der Waals surface area contributed by atoms with Gasteiger partial charge in [0.15, 0.2) is 0 Å². The molecular formula is C8H10N2O. The van der Waals surface area contributed by atoms with E-state index in [1.807, 2.05) is 18.2 Å². The lowest BCUT2D eigenvalue weighted by atomic mass is 10.3. The second-order valence-corrected chi connectivity index (χ2v) is 2.24. The fourth-order valence-corrected chi connectivity index (χ4v) is 0.843. The lowest BCUT2D eigenvalue weighted by molar-refractivity contribution is 0.248. The quantitative estimate of drug-likeness (QED) is 0.419. The van der Waals surface area contributed by atoms with Gasteiger partial charge in [-0.05, 0) is 18.6 Å². The Bertz CT molecular complexity index is 236. The Hall–Kier alpha value is -1.47. The third-order valence-electron chi connectivity index (χ3n) is 1.30. The molecule has 0 aromatic carbocycles. The van der Waals surface area contributed by atoms with Gasteiger partial charge >= 0.3 is 6.03 Å². The maximum absolute atomic E-state index is 10.4. The van der Waals surface area contributed by atoms with Gasteiger partial charge in [-0.15, -0.1) is 5.73 Å². The summed E-state index contributed by atoms with van der Waals surface area (Å²) in [6.07, 6.45) is 8.33. The molecule has 0 aromatic rings. The van der Waals surface area contributed by atoms with Gasteiger partial charge < -0.3 is 11.1 Å². The number of carbonyl (C=O) groups excluding carboxylic acids is 1. The molecular weight excluding hydrogens is 140 g/mol. The summed E-state index contributed by atoms with van der Waals surface area (Å²) in [6, 6.07) is -0.620. The maximum Gasteiger partial charge on any atom is 0.312 e. The molecule has 0 bridgehead atoms. The molecule has 3 heteroatoms. The van der Waals surface area contributed by atoms with E-state index in [4.69, 9.17) is 5.73 Å². The second-order valence-electron chi connectivity index (χ2n) is 2.24. The van der Waals surface area contributed by atoms with Crippen LogP contribution in [0.1, 0.15) is 6.42 Å². The number of nitrogens with two attached hydrogens (primary N) is 1. The smallest absolute Gasteiger partial charge is 0.312 e. The highest BCUT2D eigenvalue weighted by molar-refractivity contribution is 5.72. The summed E-state index contributed by atoms with van der Waals surface area (Å²) in [7, 11) is 0. The minimum absolute atomic E-state index is 0.105. The van der Waals surface area contributed by atoms with Crippen molar-refractivity contribution in [1.29, 1.82) is 0 Å². The first-order chi connectivity index (χ1) is 5.29. The van der Waals surface area contributed by atoms with Gasteiger partial charge in [-0.3, -0.25) is 0 Å². The Labute approximate surface area is 65.3 Å². The first kappa shape index (κ1) is 7.63. The molecule has 3 N–H and O–H groups in total. The van der Waals surface area contributed by atoms with Crippen molar-refractivity contribution < 1.29 is 4.79 Å². The first-order valence-corrected chi connectivity index (χ1v) is 3.43. The molecule has 0 aromatic heterocycles. The largest absolute Gasteiger partial charge is 0.352 e. The number of nitrogens with one attached hydrogen (secondary N) is 1. The van der Waals surface area contributed by atoms with Crippen molar-refractivity contribution in [1.82, 2.24) is 5.32 Å². The van der Waals surface area contributed by atoms with Crippen molar-refractivity contribution in [2.45, 2.75) is 12.5 Å². The van der Waals surface area contributed by atoms with E-state index in [1.165, 1.54) is 0 Å². The van der Waals surface area contributed by atoms with Gasteiger partial charge in [0.1, 0.15) is 0 Å². The molecule has 1 rings (SSSR count). The van der Waals surface area contributed by atoms with E-state index in [1.54, 1.807) is 6.08 Å². The molecule has 0 saturated carbocycles.